The number of nitrogens with zero attached hydrogens (tertiary/aromatic N) is 1. The molecule has 1 heterocycles. The summed E-state index contributed by atoms with van der Waals surface area (Å²) in [6.45, 7) is 0.450. The maximum absolute atomic E-state index is 12.8. The number of sulfonamides is 1. The van der Waals surface area contributed by atoms with Crippen LogP contribution in [-0.2, 0) is 16.6 Å². The van der Waals surface area contributed by atoms with Crippen LogP contribution in [0, 0.1) is 5.82 Å². The van der Waals surface area contributed by atoms with Gasteiger partial charge in [-0.25, -0.2) is 17.8 Å². The Bertz CT molecular complexity index is 732. The minimum atomic E-state index is -3.40. The lowest BCUT2D eigenvalue weighted by molar-refractivity contribution is 0.607. The number of aromatic nitrogens is 1. The second-order valence-corrected chi connectivity index (χ2v) is 6.23. The number of nitrogens with one attached hydrogen (secondary N) is 2. The van der Waals surface area contributed by atoms with Crippen molar-refractivity contribution in [3.8, 4) is 0 Å². The lowest BCUT2D eigenvalue weighted by Crippen LogP contribution is -2.12. The molecule has 0 bridgehead atoms. The topological polar surface area (TPSA) is 97.1 Å². The fourth-order valence-corrected chi connectivity index (χ4v) is 2.23. The van der Waals surface area contributed by atoms with E-state index in [-0.39, 0.29) is 17.3 Å². The first-order valence-corrected chi connectivity index (χ1v) is 7.95. The summed E-state index contributed by atoms with van der Waals surface area (Å²) in [4.78, 5) is 4.06. The molecular weight excluding hydrogens is 295 g/mol. The highest BCUT2D eigenvalue weighted by Crippen LogP contribution is 2.20. The molecule has 0 atom stereocenters. The molecule has 1 aromatic heterocycles. The maximum Gasteiger partial charge on any atom is 0.229 e. The van der Waals surface area contributed by atoms with Crippen LogP contribution in [0.15, 0.2) is 36.4 Å². The van der Waals surface area contributed by atoms with Crippen molar-refractivity contribution in [3.05, 3.63) is 47.8 Å². The lowest BCUT2D eigenvalue weighted by Gasteiger charge is -2.10. The van der Waals surface area contributed by atoms with Gasteiger partial charge in [0.15, 0.2) is 0 Å². The van der Waals surface area contributed by atoms with Crippen molar-refractivity contribution in [1.29, 1.82) is 0 Å². The Morgan fingerprint density at radius 1 is 1.19 bits per heavy atom. The molecule has 21 heavy (non-hydrogen) atoms. The number of benzene rings is 1. The third-order valence-electron chi connectivity index (χ3n) is 2.61. The molecule has 0 aliphatic heterocycles. The van der Waals surface area contributed by atoms with Crippen LogP contribution in [0.1, 0.15) is 5.56 Å². The average molecular weight is 310 g/mol. The SMILES string of the molecule is CS(=O)(=O)Nc1ccc(NCc2ccc(F)cc2)nc1N. The van der Waals surface area contributed by atoms with E-state index < -0.39 is 10.0 Å². The van der Waals surface area contributed by atoms with Gasteiger partial charge in [-0.05, 0) is 29.8 Å². The van der Waals surface area contributed by atoms with Gasteiger partial charge in [0.1, 0.15) is 17.5 Å². The van der Waals surface area contributed by atoms with Crippen LogP contribution < -0.4 is 15.8 Å². The summed E-state index contributed by atoms with van der Waals surface area (Å²) in [7, 11) is -3.40. The van der Waals surface area contributed by atoms with Crippen molar-refractivity contribution in [2.24, 2.45) is 0 Å². The van der Waals surface area contributed by atoms with E-state index in [1.807, 2.05) is 0 Å². The number of nitrogens with two attached hydrogens (primary N) is 1. The summed E-state index contributed by atoms with van der Waals surface area (Å²) in [6.07, 6.45) is 1.03. The Kier molecular flexibility index (Phi) is 4.27. The predicted molar refractivity (Wildman–Crippen MR) is 80.8 cm³/mol. The normalized spacial score (nSPS) is 11.1. The van der Waals surface area contributed by atoms with Crippen LogP contribution in [0.4, 0.5) is 21.7 Å². The van der Waals surface area contributed by atoms with Gasteiger partial charge in [0.25, 0.3) is 0 Å². The molecule has 2 rings (SSSR count). The lowest BCUT2D eigenvalue weighted by atomic mass is 10.2. The number of nitrogen functional groups attached to an aromatic ring is 1. The van der Waals surface area contributed by atoms with Gasteiger partial charge in [-0.3, -0.25) is 4.72 Å². The Labute approximate surface area is 122 Å². The van der Waals surface area contributed by atoms with Gasteiger partial charge >= 0.3 is 0 Å². The third-order valence-corrected chi connectivity index (χ3v) is 3.20. The molecule has 0 spiro atoms. The summed E-state index contributed by atoms with van der Waals surface area (Å²) in [6, 6.07) is 9.19. The first-order valence-electron chi connectivity index (χ1n) is 6.06. The number of pyridine rings is 1. The Balaban J connectivity index is 2.05. The van der Waals surface area contributed by atoms with E-state index in [1.165, 1.54) is 18.2 Å². The molecule has 0 radical (unpaired) electrons. The van der Waals surface area contributed by atoms with Crippen LogP contribution in [0.25, 0.3) is 0 Å². The van der Waals surface area contributed by atoms with Crippen molar-refractivity contribution < 1.29 is 12.8 Å². The van der Waals surface area contributed by atoms with Crippen molar-refractivity contribution in [2.45, 2.75) is 6.54 Å². The van der Waals surface area contributed by atoms with Crippen LogP contribution in [0.5, 0.6) is 0 Å². The van der Waals surface area contributed by atoms with Crippen molar-refractivity contribution in [2.75, 3.05) is 22.0 Å². The van der Waals surface area contributed by atoms with Crippen LogP contribution in [-0.4, -0.2) is 19.7 Å². The summed E-state index contributed by atoms with van der Waals surface area (Å²) < 4.78 is 37.3. The molecule has 8 heteroatoms. The first-order chi connectivity index (χ1) is 9.83. The van der Waals surface area contributed by atoms with E-state index in [1.54, 1.807) is 18.2 Å². The summed E-state index contributed by atoms with van der Waals surface area (Å²) in [5.74, 6) is 0.276. The molecule has 0 amide bonds. The largest absolute Gasteiger partial charge is 0.382 e. The summed E-state index contributed by atoms with van der Waals surface area (Å²) in [5, 5.41) is 3.02. The monoisotopic (exact) mass is 310 g/mol. The van der Waals surface area contributed by atoms with Crippen molar-refractivity contribution in [1.82, 2.24) is 4.98 Å². The zero-order valence-corrected chi connectivity index (χ0v) is 12.1. The van der Waals surface area contributed by atoms with Crippen LogP contribution >= 0.6 is 0 Å². The standard InChI is InChI=1S/C13H15FN4O2S/c1-21(19,20)18-11-6-7-12(17-13(11)15)16-8-9-2-4-10(14)5-3-9/h2-7,18H,8H2,1H3,(H3,15,16,17). The second kappa shape index (κ2) is 5.96. The Morgan fingerprint density at radius 3 is 2.43 bits per heavy atom. The highest BCUT2D eigenvalue weighted by atomic mass is 32.2. The van der Waals surface area contributed by atoms with Gasteiger partial charge in [0.2, 0.25) is 10.0 Å². The minimum absolute atomic E-state index is 0.0736. The van der Waals surface area contributed by atoms with E-state index in [0.717, 1.165) is 11.8 Å². The zero-order valence-electron chi connectivity index (χ0n) is 11.3. The van der Waals surface area contributed by atoms with Gasteiger partial charge in [-0.1, -0.05) is 12.1 Å². The van der Waals surface area contributed by atoms with Crippen molar-refractivity contribution >= 4 is 27.3 Å². The summed E-state index contributed by atoms with van der Waals surface area (Å²) in [5.41, 5.74) is 6.80. The highest BCUT2D eigenvalue weighted by molar-refractivity contribution is 7.92. The molecule has 0 unspecified atom stereocenters. The molecule has 0 saturated carbocycles. The fraction of sp³-hybridized carbons (Fsp3) is 0.154. The Hall–Kier alpha value is -2.35. The third kappa shape index (κ3) is 4.60. The summed E-state index contributed by atoms with van der Waals surface area (Å²) >= 11 is 0. The van der Waals surface area contributed by atoms with Gasteiger partial charge in [-0.2, -0.15) is 0 Å². The van der Waals surface area contributed by atoms with E-state index in [9.17, 15) is 12.8 Å². The minimum Gasteiger partial charge on any atom is -0.382 e. The van der Waals surface area contributed by atoms with E-state index in [4.69, 9.17) is 5.73 Å². The number of halogens is 1. The number of hydrogen-bond donors (Lipinski definition) is 3. The van der Waals surface area contributed by atoms with Gasteiger partial charge in [-0.15, -0.1) is 0 Å². The number of hydrogen-bond acceptors (Lipinski definition) is 5. The Morgan fingerprint density at radius 2 is 1.86 bits per heavy atom. The smallest absolute Gasteiger partial charge is 0.229 e. The van der Waals surface area contributed by atoms with Gasteiger partial charge < -0.3 is 11.1 Å². The highest BCUT2D eigenvalue weighted by Gasteiger charge is 2.07. The number of rotatable bonds is 5. The maximum atomic E-state index is 12.8. The quantitative estimate of drug-likeness (QED) is 0.782. The molecule has 0 aliphatic rings. The zero-order chi connectivity index (χ0) is 15.5. The van der Waals surface area contributed by atoms with Crippen LogP contribution in [0.2, 0.25) is 0 Å². The molecule has 0 saturated heterocycles. The molecule has 1 aromatic carbocycles. The number of anilines is 3. The van der Waals surface area contributed by atoms with E-state index in [2.05, 4.69) is 15.0 Å². The molecule has 0 fully saturated rings. The molecule has 6 nitrogen and oxygen atoms in total. The predicted octanol–water partition coefficient (Wildman–Crippen LogP) is 1.79. The van der Waals surface area contributed by atoms with E-state index in [0.29, 0.717) is 12.4 Å². The van der Waals surface area contributed by atoms with Crippen LogP contribution in [0.3, 0.4) is 0 Å². The van der Waals surface area contributed by atoms with Gasteiger partial charge in [0, 0.05) is 6.54 Å². The molecule has 2 aromatic rings. The van der Waals surface area contributed by atoms with E-state index >= 15 is 0 Å². The first kappa shape index (κ1) is 15.0. The van der Waals surface area contributed by atoms with Gasteiger partial charge in [0.05, 0.1) is 11.9 Å². The second-order valence-electron chi connectivity index (χ2n) is 4.48. The fourth-order valence-electron chi connectivity index (χ4n) is 1.65. The molecule has 4 N–H and O–H groups in total. The molecule has 0 aliphatic carbocycles. The average Bonchev–Trinajstić information content (AvgIpc) is 2.40. The molecular formula is C13H15FN4O2S. The van der Waals surface area contributed by atoms with Crippen molar-refractivity contribution in [3.63, 3.8) is 0 Å². The molecule has 112 valence electrons.